The van der Waals surface area contributed by atoms with E-state index in [0.717, 1.165) is 21.6 Å². The molecule has 0 amide bonds. The van der Waals surface area contributed by atoms with Gasteiger partial charge < -0.3 is 15.5 Å². The van der Waals surface area contributed by atoms with Gasteiger partial charge in [-0.25, -0.2) is 4.98 Å². The van der Waals surface area contributed by atoms with Crippen LogP contribution in [0.2, 0.25) is 0 Å². The van der Waals surface area contributed by atoms with Crippen LogP contribution in [0.4, 0.5) is 5.95 Å². The average Bonchev–Trinajstić information content (AvgIpc) is 2.58. The highest BCUT2D eigenvalue weighted by molar-refractivity contribution is 9.10. The van der Waals surface area contributed by atoms with Gasteiger partial charge in [-0.15, -0.1) is 0 Å². The molecule has 0 unspecified atom stereocenters. The summed E-state index contributed by atoms with van der Waals surface area (Å²) >= 11 is 3.36. The summed E-state index contributed by atoms with van der Waals surface area (Å²) in [6, 6.07) is 7.62. The summed E-state index contributed by atoms with van der Waals surface area (Å²) in [6.07, 6.45) is 0. The van der Waals surface area contributed by atoms with E-state index in [1.165, 1.54) is 0 Å². The van der Waals surface area contributed by atoms with Gasteiger partial charge in [-0.3, -0.25) is 0 Å². The van der Waals surface area contributed by atoms with Crippen molar-refractivity contribution < 1.29 is 4.74 Å². The topological polar surface area (TPSA) is 63.9 Å². The highest BCUT2D eigenvalue weighted by atomic mass is 79.9. The molecule has 0 aliphatic rings. The molecule has 2 aromatic rings. The normalized spacial score (nSPS) is 10.3. The van der Waals surface area contributed by atoms with Crippen LogP contribution in [0, 0.1) is 0 Å². The number of hydrogen-bond acceptors (Lipinski definition) is 3. The number of nitrogens with zero attached hydrogens (tertiary/aromatic N) is 1. The third-order valence-electron chi connectivity index (χ3n) is 2.04. The van der Waals surface area contributed by atoms with Crippen molar-refractivity contribution in [2.24, 2.45) is 0 Å². The number of aromatic amines is 1. The van der Waals surface area contributed by atoms with Gasteiger partial charge in [0, 0.05) is 5.56 Å². The molecule has 0 aliphatic carbocycles. The van der Waals surface area contributed by atoms with Crippen molar-refractivity contribution in [2.45, 2.75) is 0 Å². The number of benzene rings is 1. The van der Waals surface area contributed by atoms with Gasteiger partial charge in [-0.05, 0) is 40.2 Å². The quantitative estimate of drug-likeness (QED) is 0.879. The number of nitrogens with two attached hydrogens (primary N) is 1. The third-order valence-corrected chi connectivity index (χ3v) is 2.62. The number of aromatic nitrogens is 2. The van der Waals surface area contributed by atoms with E-state index in [4.69, 9.17) is 10.5 Å². The Kier molecular flexibility index (Phi) is 2.64. The monoisotopic (exact) mass is 267 g/mol. The smallest absolute Gasteiger partial charge is 0.198 e. The standard InChI is InChI=1S/C10H10BrN3O/c1-15-7-4-2-6(3-5-7)8-9(11)14-10(12)13-8/h2-5H,1H3,(H3,12,13,14). The summed E-state index contributed by atoms with van der Waals surface area (Å²) in [7, 11) is 1.64. The lowest BCUT2D eigenvalue weighted by molar-refractivity contribution is 0.415. The molecular formula is C10H10BrN3O. The molecule has 1 aromatic heterocycles. The van der Waals surface area contributed by atoms with Crippen molar-refractivity contribution in [2.75, 3.05) is 12.8 Å². The summed E-state index contributed by atoms with van der Waals surface area (Å²) in [5.41, 5.74) is 7.33. The SMILES string of the molecule is COc1ccc(-c2nc(N)[nH]c2Br)cc1. The second kappa shape index (κ2) is 3.94. The van der Waals surface area contributed by atoms with Crippen LogP contribution in [0.5, 0.6) is 5.75 Å². The Morgan fingerprint density at radius 2 is 2.00 bits per heavy atom. The molecule has 0 saturated heterocycles. The number of anilines is 1. The fraction of sp³-hybridized carbons (Fsp3) is 0.100. The molecule has 1 heterocycles. The van der Waals surface area contributed by atoms with Crippen LogP contribution in [0.3, 0.4) is 0 Å². The van der Waals surface area contributed by atoms with E-state index in [1.807, 2.05) is 24.3 Å². The predicted molar refractivity (Wildman–Crippen MR) is 62.7 cm³/mol. The van der Waals surface area contributed by atoms with Gasteiger partial charge in [0.15, 0.2) is 5.95 Å². The number of methoxy groups -OCH3 is 1. The zero-order valence-corrected chi connectivity index (χ0v) is 9.71. The first-order chi connectivity index (χ1) is 7.20. The lowest BCUT2D eigenvalue weighted by atomic mass is 10.2. The van der Waals surface area contributed by atoms with Crippen molar-refractivity contribution >= 4 is 21.9 Å². The van der Waals surface area contributed by atoms with Gasteiger partial charge >= 0.3 is 0 Å². The minimum atomic E-state index is 0.396. The number of nitrogens with one attached hydrogen (secondary N) is 1. The molecule has 1 aromatic carbocycles. The van der Waals surface area contributed by atoms with Gasteiger partial charge in [0.25, 0.3) is 0 Å². The van der Waals surface area contributed by atoms with Gasteiger partial charge in [-0.1, -0.05) is 0 Å². The summed E-state index contributed by atoms with van der Waals surface area (Å²) in [4.78, 5) is 7.06. The lowest BCUT2D eigenvalue weighted by Crippen LogP contribution is -1.86. The van der Waals surface area contributed by atoms with Gasteiger partial charge in [0.2, 0.25) is 0 Å². The minimum absolute atomic E-state index is 0.396. The van der Waals surface area contributed by atoms with Gasteiger partial charge in [0.05, 0.1) is 7.11 Å². The first-order valence-corrected chi connectivity index (χ1v) is 5.15. The maximum atomic E-state index is 5.55. The van der Waals surface area contributed by atoms with Crippen molar-refractivity contribution in [3.05, 3.63) is 28.9 Å². The Labute approximate surface area is 95.6 Å². The van der Waals surface area contributed by atoms with Crippen LogP contribution in [-0.2, 0) is 0 Å². The zero-order valence-electron chi connectivity index (χ0n) is 8.12. The molecule has 2 rings (SSSR count). The molecule has 0 fully saturated rings. The molecule has 0 saturated carbocycles. The average molecular weight is 268 g/mol. The largest absolute Gasteiger partial charge is 0.497 e. The highest BCUT2D eigenvalue weighted by Gasteiger charge is 2.08. The fourth-order valence-corrected chi connectivity index (χ4v) is 1.83. The van der Waals surface area contributed by atoms with Crippen LogP contribution in [0.25, 0.3) is 11.3 Å². The molecule has 0 radical (unpaired) electrons. The number of H-pyrrole nitrogens is 1. The molecule has 0 bridgehead atoms. The number of nitrogen functional groups attached to an aromatic ring is 1. The zero-order chi connectivity index (χ0) is 10.8. The summed E-state index contributed by atoms with van der Waals surface area (Å²) < 4.78 is 5.86. The first kappa shape index (κ1) is 10.0. The molecule has 0 aliphatic heterocycles. The van der Waals surface area contributed by atoms with E-state index in [1.54, 1.807) is 7.11 Å². The molecule has 4 nitrogen and oxygen atoms in total. The van der Waals surface area contributed by atoms with Crippen LogP contribution >= 0.6 is 15.9 Å². The molecule has 78 valence electrons. The Balaban J connectivity index is 2.41. The number of hydrogen-bond donors (Lipinski definition) is 2. The number of rotatable bonds is 2. The Morgan fingerprint density at radius 3 is 2.47 bits per heavy atom. The van der Waals surface area contributed by atoms with Crippen LogP contribution in [0.1, 0.15) is 0 Å². The van der Waals surface area contributed by atoms with Crippen molar-refractivity contribution in [3.63, 3.8) is 0 Å². The molecular weight excluding hydrogens is 258 g/mol. The van der Waals surface area contributed by atoms with E-state index >= 15 is 0 Å². The van der Waals surface area contributed by atoms with E-state index in [-0.39, 0.29) is 0 Å². The highest BCUT2D eigenvalue weighted by Crippen LogP contribution is 2.27. The maximum absolute atomic E-state index is 5.55. The lowest BCUT2D eigenvalue weighted by Gasteiger charge is -2.00. The van der Waals surface area contributed by atoms with Gasteiger partial charge in [0.1, 0.15) is 16.0 Å². The number of halogens is 1. The minimum Gasteiger partial charge on any atom is -0.497 e. The Morgan fingerprint density at radius 1 is 1.33 bits per heavy atom. The number of ether oxygens (including phenoxy) is 1. The first-order valence-electron chi connectivity index (χ1n) is 4.36. The van der Waals surface area contributed by atoms with E-state index in [0.29, 0.717) is 5.95 Å². The second-order valence-corrected chi connectivity index (χ2v) is 3.81. The molecule has 15 heavy (non-hydrogen) atoms. The Bertz CT molecular complexity index is 464. The van der Waals surface area contributed by atoms with Crippen LogP contribution in [0.15, 0.2) is 28.9 Å². The Hall–Kier alpha value is -1.49. The van der Waals surface area contributed by atoms with Crippen LogP contribution in [-0.4, -0.2) is 17.1 Å². The summed E-state index contributed by atoms with van der Waals surface area (Å²) in [5.74, 6) is 1.21. The summed E-state index contributed by atoms with van der Waals surface area (Å²) in [5, 5.41) is 0. The number of imidazole rings is 1. The van der Waals surface area contributed by atoms with Crippen molar-refractivity contribution in [1.29, 1.82) is 0 Å². The van der Waals surface area contributed by atoms with E-state index in [9.17, 15) is 0 Å². The van der Waals surface area contributed by atoms with Crippen LogP contribution < -0.4 is 10.5 Å². The maximum Gasteiger partial charge on any atom is 0.198 e. The van der Waals surface area contributed by atoms with E-state index < -0.39 is 0 Å². The van der Waals surface area contributed by atoms with Gasteiger partial charge in [-0.2, -0.15) is 0 Å². The molecule has 0 atom stereocenters. The van der Waals surface area contributed by atoms with Crippen molar-refractivity contribution in [3.8, 4) is 17.0 Å². The molecule has 5 heteroatoms. The van der Waals surface area contributed by atoms with E-state index in [2.05, 4.69) is 25.9 Å². The summed E-state index contributed by atoms with van der Waals surface area (Å²) in [6.45, 7) is 0. The second-order valence-electron chi connectivity index (χ2n) is 3.01. The molecule has 0 spiro atoms. The third kappa shape index (κ3) is 1.97. The predicted octanol–water partition coefficient (Wildman–Crippen LogP) is 2.43. The molecule has 3 N–H and O–H groups in total. The fourth-order valence-electron chi connectivity index (χ4n) is 1.31. The van der Waals surface area contributed by atoms with Crippen molar-refractivity contribution in [1.82, 2.24) is 9.97 Å².